The van der Waals surface area contributed by atoms with Gasteiger partial charge in [0.2, 0.25) is 0 Å². The number of hydrogen-bond acceptors (Lipinski definition) is 0. The molecular weight excluding hydrogens is 144 g/mol. The lowest BCUT2D eigenvalue weighted by Crippen LogP contribution is -2.13. The third-order valence-electron chi connectivity index (χ3n) is 4.27. The molecule has 2 saturated carbocycles. The molecule has 0 aromatic carbocycles. The Hall–Kier alpha value is -0.520. The van der Waals surface area contributed by atoms with Crippen LogP contribution in [0.5, 0.6) is 0 Å². The maximum absolute atomic E-state index is 3.93. The second-order valence-corrected chi connectivity index (χ2v) is 4.33. The van der Waals surface area contributed by atoms with Crippen molar-refractivity contribution in [2.24, 2.45) is 29.1 Å². The van der Waals surface area contributed by atoms with Crippen molar-refractivity contribution in [1.29, 1.82) is 0 Å². The largest absolute Gasteiger partial charge is 0.103 e. The van der Waals surface area contributed by atoms with Crippen LogP contribution in [-0.4, -0.2) is 0 Å². The molecule has 5 unspecified atom stereocenters. The zero-order valence-electron chi connectivity index (χ0n) is 8.09. The van der Waals surface area contributed by atoms with E-state index >= 15 is 0 Å². The van der Waals surface area contributed by atoms with Crippen molar-refractivity contribution in [2.75, 3.05) is 0 Å². The molecule has 66 valence electrons. The molecule has 0 heteroatoms. The second kappa shape index (κ2) is 2.25. The van der Waals surface area contributed by atoms with Crippen LogP contribution in [0.15, 0.2) is 25.3 Å². The number of allylic oxidation sites excluding steroid dienone is 2. The van der Waals surface area contributed by atoms with Crippen LogP contribution in [-0.2, 0) is 0 Å². The number of rotatable bonds is 4. The van der Waals surface area contributed by atoms with Gasteiger partial charge in [-0.05, 0) is 35.5 Å². The molecule has 2 aliphatic rings. The van der Waals surface area contributed by atoms with Gasteiger partial charge in [-0.25, -0.2) is 0 Å². The van der Waals surface area contributed by atoms with Gasteiger partial charge in [-0.3, -0.25) is 0 Å². The molecule has 0 heterocycles. The summed E-state index contributed by atoms with van der Waals surface area (Å²) < 4.78 is 0. The van der Waals surface area contributed by atoms with Gasteiger partial charge in [-0.2, -0.15) is 0 Å². The van der Waals surface area contributed by atoms with Crippen LogP contribution in [0.4, 0.5) is 0 Å². The van der Waals surface area contributed by atoms with Crippen LogP contribution in [0.25, 0.3) is 0 Å². The molecule has 0 spiro atoms. The molecule has 2 fully saturated rings. The SMILES string of the molecule is C=CC(CC)C12C(C)C1C2C=C. The first kappa shape index (κ1) is 8.10. The molecule has 0 amide bonds. The van der Waals surface area contributed by atoms with Crippen molar-refractivity contribution in [3.63, 3.8) is 0 Å². The summed E-state index contributed by atoms with van der Waals surface area (Å²) in [5.74, 6) is 3.44. The minimum atomic E-state index is 0.623. The molecule has 0 aliphatic heterocycles. The fraction of sp³-hybridized carbons (Fsp3) is 0.667. The maximum atomic E-state index is 3.93. The topological polar surface area (TPSA) is 0 Å². The lowest BCUT2D eigenvalue weighted by molar-refractivity contribution is 0.348. The summed E-state index contributed by atoms with van der Waals surface area (Å²) in [6.45, 7) is 12.5. The zero-order chi connectivity index (χ0) is 8.93. The Kier molecular flexibility index (Phi) is 1.51. The zero-order valence-corrected chi connectivity index (χ0v) is 8.09. The van der Waals surface area contributed by atoms with Crippen molar-refractivity contribution < 1.29 is 0 Å². The van der Waals surface area contributed by atoms with E-state index < -0.39 is 0 Å². The predicted octanol–water partition coefficient (Wildman–Crippen LogP) is 3.27. The van der Waals surface area contributed by atoms with E-state index in [0.29, 0.717) is 5.41 Å². The van der Waals surface area contributed by atoms with Crippen LogP contribution in [0.2, 0.25) is 0 Å². The van der Waals surface area contributed by atoms with Gasteiger partial charge in [0, 0.05) is 0 Å². The van der Waals surface area contributed by atoms with Crippen LogP contribution < -0.4 is 0 Å². The first-order valence-electron chi connectivity index (χ1n) is 5.00. The molecule has 0 N–H and O–H groups in total. The fourth-order valence-electron chi connectivity index (χ4n) is 3.54. The summed E-state index contributed by atoms with van der Waals surface area (Å²) in [5.41, 5.74) is 0.623. The molecule has 0 bridgehead atoms. The number of fused-ring (bicyclic) bond motifs is 1. The van der Waals surface area contributed by atoms with Gasteiger partial charge in [0.05, 0.1) is 0 Å². The minimum absolute atomic E-state index is 0.623. The monoisotopic (exact) mass is 162 g/mol. The molecule has 2 aliphatic carbocycles. The number of hydrogen-bond donors (Lipinski definition) is 0. The highest BCUT2D eigenvalue weighted by Crippen LogP contribution is 2.87. The quantitative estimate of drug-likeness (QED) is 0.556. The average Bonchev–Trinajstić information content (AvgIpc) is 2.91. The van der Waals surface area contributed by atoms with Gasteiger partial charge < -0.3 is 0 Å². The van der Waals surface area contributed by atoms with E-state index in [-0.39, 0.29) is 0 Å². The van der Waals surface area contributed by atoms with E-state index in [9.17, 15) is 0 Å². The highest BCUT2D eigenvalue weighted by Gasteiger charge is 2.84. The molecule has 0 aromatic rings. The van der Waals surface area contributed by atoms with Crippen molar-refractivity contribution in [3.8, 4) is 0 Å². The van der Waals surface area contributed by atoms with Crippen molar-refractivity contribution in [2.45, 2.75) is 20.3 Å². The maximum Gasteiger partial charge on any atom is -0.0104 e. The molecule has 2 rings (SSSR count). The fourth-order valence-corrected chi connectivity index (χ4v) is 3.54. The standard InChI is InChI=1S/C12H18/c1-5-9(6-2)12-8(4)11(12)10(12)7-3/h5,7-11H,1,3,6H2,2,4H3. The third-order valence-corrected chi connectivity index (χ3v) is 4.27. The van der Waals surface area contributed by atoms with Gasteiger partial charge in [0.15, 0.2) is 0 Å². The Bertz CT molecular complexity index is 228. The van der Waals surface area contributed by atoms with Gasteiger partial charge in [-0.15, -0.1) is 13.2 Å². The minimum Gasteiger partial charge on any atom is -0.103 e. The van der Waals surface area contributed by atoms with E-state index in [2.05, 4.69) is 39.2 Å². The lowest BCUT2D eigenvalue weighted by Gasteiger charge is -2.20. The second-order valence-electron chi connectivity index (χ2n) is 4.33. The molecule has 0 saturated heterocycles. The van der Waals surface area contributed by atoms with Gasteiger partial charge >= 0.3 is 0 Å². The molecule has 5 atom stereocenters. The molecule has 0 radical (unpaired) electrons. The van der Waals surface area contributed by atoms with Gasteiger partial charge in [0.1, 0.15) is 0 Å². The molecule has 12 heavy (non-hydrogen) atoms. The van der Waals surface area contributed by atoms with E-state index in [1.165, 1.54) is 6.42 Å². The Labute approximate surface area is 75.4 Å². The van der Waals surface area contributed by atoms with Crippen molar-refractivity contribution >= 4 is 0 Å². The Morgan fingerprint density at radius 3 is 2.42 bits per heavy atom. The van der Waals surface area contributed by atoms with E-state index in [1.807, 2.05) is 0 Å². The summed E-state index contributed by atoms with van der Waals surface area (Å²) in [6.07, 6.45) is 5.55. The first-order chi connectivity index (χ1) is 5.74. The van der Waals surface area contributed by atoms with E-state index in [0.717, 1.165) is 23.7 Å². The average molecular weight is 162 g/mol. The highest BCUT2D eigenvalue weighted by atomic mass is 14.9. The third kappa shape index (κ3) is 0.608. The van der Waals surface area contributed by atoms with Crippen molar-refractivity contribution in [3.05, 3.63) is 25.3 Å². The van der Waals surface area contributed by atoms with Crippen molar-refractivity contribution in [1.82, 2.24) is 0 Å². The summed E-state index contributed by atoms with van der Waals surface area (Å²) in [7, 11) is 0. The van der Waals surface area contributed by atoms with Crippen LogP contribution in [0.1, 0.15) is 20.3 Å². The Balaban J connectivity index is 2.13. The molecular formula is C12H18. The molecule has 0 nitrogen and oxygen atoms in total. The van der Waals surface area contributed by atoms with E-state index in [4.69, 9.17) is 0 Å². The summed E-state index contributed by atoms with van der Waals surface area (Å²) in [4.78, 5) is 0. The first-order valence-corrected chi connectivity index (χ1v) is 5.00. The predicted molar refractivity (Wildman–Crippen MR) is 52.8 cm³/mol. The molecule has 0 aromatic heterocycles. The van der Waals surface area contributed by atoms with Crippen LogP contribution in [0, 0.1) is 29.1 Å². The smallest absolute Gasteiger partial charge is 0.0104 e. The summed E-state index contributed by atoms with van der Waals surface area (Å²) in [5, 5.41) is 0. The van der Waals surface area contributed by atoms with Gasteiger partial charge in [0.25, 0.3) is 0 Å². The summed E-state index contributed by atoms with van der Waals surface area (Å²) >= 11 is 0. The Morgan fingerprint density at radius 2 is 2.17 bits per heavy atom. The lowest BCUT2D eigenvalue weighted by atomic mass is 9.84. The van der Waals surface area contributed by atoms with E-state index in [1.54, 1.807) is 0 Å². The summed E-state index contributed by atoms with van der Waals surface area (Å²) in [6, 6.07) is 0. The van der Waals surface area contributed by atoms with Crippen LogP contribution in [0.3, 0.4) is 0 Å². The van der Waals surface area contributed by atoms with Crippen LogP contribution >= 0.6 is 0 Å². The van der Waals surface area contributed by atoms with Gasteiger partial charge in [-0.1, -0.05) is 26.0 Å². The highest BCUT2D eigenvalue weighted by molar-refractivity contribution is 5.37. The normalized spacial score (nSPS) is 50.7. The Morgan fingerprint density at radius 1 is 1.50 bits per heavy atom.